The van der Waals surface area contributed by atoms with Crippen LogP contribution in [0.5, 0.6) is 0 Å². The maximum Gasteiger partial charge on any atom is 2.00 e. The molecule has 0 spiro atoms. The van der Waals surface area contributed by atoms with Crippen LogP contribution in [0.15, 0.2) is 34.4 Å². The summed E-state index contributed by atoms with van der Waals surface area (Å²) in [5, 5.41) is 0. The van der Waals surface area contributed by atoms with Gasteiger partial charge in [-0.05, 0) is 0 Å². The van der Waals surface area contributed by atoms with Crippen LogP contribution in [0.3, 0.4) is 0 Å². The van der Waals surface area contributed by atoms with E-state index in [0.717, 1.165) is 0 Å². The van der Waals surface area contributed by atoms with Crippen LogP contribution in [0.1, 0.15) is 41.5 Å². The average Bonchev–Trinajstić information content (AvgIpc) is 2.70. The average molecular weight is 409 g/mol. The third kappa shape index (κ3) is 4.43. The second-order valence-electron chi connectivity index (χ2n) is 4.82. The topological polar surface area (TPSA) is 0 Å². The summed E-state index contributed by atoms with van der Waals surface area (Å²) >= 11 is 0. The van der Waals surface area contributed by atoms with Crippen molar-refractivity contribution in [1.82, 2.24) is 0 Å². The summed E-state index contributed by atoms with van der Waals surface area (Å²) < 4.78 is 0. The van der Waals surface area contributed by atoms with Crippen molar-refractivity contribution in [3.63, 3.8) is 0 Å². The van der Waals surface area contributed by atoms with Gasteiger partial charge in [0.25, 0.3) is 0 Å². The summed E-state index contributed by atoms with van der Waals surface area (Å²) in [7, 11) is 0. The second-order valence-corrected chi connectivity index (χ2v) is 4.82. The molecule has 0 saturated heterocycles. The summed E-state index contributed by atoms with van der Waals surface area (Å²) in [4.78, 5) is 0. The van der Waals surface area contributed by atoms with Crippen LogP contribution in [0, 0.1) is 24.0 Å². The molecule has 2 unspecified atom stereocenters. The first-order valence-electron chi connectivity index (χ1n) is 5.98. The molecule has 0 radical (unpaired) electrons. The molecule has 0 aromatic carbocycles. The Bertz CT molecular complexity index is 342. The van der Waals surface area contributed by atoms with E-state index in [1.165, 1.54) is 22.3 Å². The zero-order valence-corrected chi connectivity index (χ0v) is 13.9. The van der Waals surface area contributed by atoms with E-state index < -0.39 is 0 Å². The molecule has 2 aliphatic rings. The second kappa shape index (κ2) is 7.16. The Kier molecular flexibility index (Phi) is 7.02. The van der Waals surface area contributed by atoms with Crippen molar-refractivity contribution in [3.8, 4) is 0 Å². The third-order valence-corrected chi connectivity index (χ3v) is 3.65. The molecule has 0 aliphatic heterocycles. The Balaban J connectivity index is 0.000000284. The van der Waals surface area contributed by atoms with E-state index in [-0.39, 0.29) is 21.1 Å². The minimum Gasteiger partial charge on any atom is -0.253 e. The largest absolute Gasteiger partial charge is 2.00 e. The Labute approximate surface area is 121 Å². The van der Waals surface area contributed by atoms with Crippen molar-refractivity contribution in [1.29, 1.82) is 0 Å². The zero-order chi connectivity index (χ0) is 12.3. The van der Waals surface area contributed by atoms with E-state index in [1.807, 2.05) is 0 Å². The molecule has 17 heavy (non-hydrogen) atoms. The fraction of sp³-hybridized carbons (Fsp3) is 0.500. The van der Waals surface area contributed by atoms with Gasteiger partial charge in [-0.2, -0.15) is 12.2 Å². The van der Waals surface area contributed by atoms with Crippen molar-refractivity contribution >= 4 is 0 Å². The molecule has 0 aromatic rings. The first-order chi connectivity index (χ1) is 7.43. The predicted molar refractivity (Wildman–Crippen MR) is 70.7 cm³/mol. The van der Waals surface area contributed by atoms with Crippen molar-refractivity contribution in [3.05, 3.63) is 46.6 Å². The Morgan fingerprint density at radius 1 is 0.765 bits per heavy atom. The van der Waals surface area contributed by atoms with Gasteiger partial charge in [-0.3, -0.25) is 12.2 Å². The van der Waals surface area contributed by atoms with Gasteiger partial charge in [0.15, 0.2) is 0 Å². The van der Waals surface area contributed by atoms with Gasteiger partial charge in [0.1, 0.15) is 0 Å². The Hall–Kier alpha value is -0.352. The van der Waals surface area contributed by atoms with Crippen LogP contribution in [-0.2, 0) is 21.1 Å². The van der Waals surface area contributed by atoms with Gasteiger partial charge in [-0.15, -0.1) is 13.8 Å². The summed E-state index contributed by atoms with van der Waals surface area (Å²) in [5.74, 6) is 1.27. The molecule has 0 nitrogen and oxygen atoms in total. The van der Waals surface area contributed by atoms with Gasteiger partial charge in [-0.1, -0.05) is 39.5 Å². The third-order valence-electron chi connectivity index (χ3n) is 3.65. The fourth-order valence-corrected chi connectivity index (χ4v) is 1.66. The van der Waals surface area contributed by atoms with E-state index in [0.29, 0.717) is 11.8 Å². The maximum absolute atomic E-state index is 3.17. The molecule has 2 rings (SSSR count). The van der Waals surface area contributed by atoms with E-state index in [9.17, 15) is 0 Å². The molecule has 0 saturated carbocycles. The summed E-state index contributed by atoms with van der Waals surface area (Å²) in [6.07, 6.45) is 10.6. The molecule has 1 heteroatoms. The van der Waals surface area contributed by atoms with Crippen LogP contribution in [0.4, 0.5) is 0 Å². The van der Waals surface area contributed by atoms with Crippen LogP contribution in [0.25, 0.3) is 0 Å². The number of hydrogen-bond acceptors (Lipinski definition) is 0. The Morgan fingerprint density at radius 3 is 1.12 bits per heavy atom. The standard InChI is InChI=1S/2C8H11.Pt/c2*1-6-4-5-7(2)8(6)3;/h2*4,6H,1-3H3;/q2*-1;+2. The summed E-state index contributed by atoms with van der Waals surface area (Å²) in [6, 6.07) is 0. The normalized spacial score (nSPS) is 26.0. The number of hydrogen-bond donors (Lipinski definition) is 0. The molecule has 0 N–H and O–H groups in total. The van der Waals surface area contributed by atoms with Gasteiger partial charge < -0.3 is 0 Å². The molecule has 2 atom stereocenters. The molecular formula is C16H22Pt. The van der Waals surface area contributed by atoms with E-state index in [2.05, 4.69) is 65.8 Å². The van der Waals surface area contributed by atoms with Crippen molar-refractivity contribution < 1.29 is 21.1 Å². The predicted octanol–water partition coefficient (Wildman–Crippen LogP) is 4.66. The smallest absolute Gasteiger partial charge is 0.253 e. The molecule has 96 valence electrons. The molecule has 0 amide bonds. The van der Waals surface area contributed by atoms with E-state index in [1.54, 1.807) is 0 Å². The SMILES string of the molecule is CC1=C(C)C(C)C=[C-]1.CC1=C(C)C(C)C=[C-]1.[Pt+2]. The van der Waals surface area contributed by atoms with Crippen molar-refractivity contribution in [2.24, 2.45) is 11.8 Å². The molecule has 2 aliphatic carbocycles. The first kappa shape index (κ1) is 16.6. The van der Waals surface area contributed by atoms with Crippen LogP contribution in [-0.4, -0.2) is 0 Å². The van der Waals surface area contributed by atoms with Crippen molar-refractivity contribution in [2.75, 3.05) is 0 Å². The first-order valence-corrected chi connectivity index (χ1v) is 5.98. The van der Waals surface area contributed by atoms with Crippen LogP contribution in [0.2, 0.25) is 0 Å². The summed E-state index contributed by atoms with van der Waals surface area (Å²) in [6.45, 7) is 12.9. The van der Waals surface area contributed by atoms with E-state index in [4.69, 9.17) is 0 Å². The summed E-state index contributed by atoms with van der Waals surface area (Å²) in [5.41, 5.74) is 5.56. The molecule has 0 aromatic heterocycles. The van der Waals surface area contributed by atoms with Crippen molar-refractivity contribution in [2.45, 2.75) is 41.5 Å². The molecule has 0 bridgehead atoms. The van der Waals surface area contributed by atoms with Crippen LogP contribution >= 0.6 is 0 Å². The van der Waals surface area contributed by atoms with Gasteiger partial charge in [-0.25, -0.2) is 22.3 Å². The van der Waals surface area contributed by atoms with Gasteiger partial charge in [0.2, 0.25) is 0 Å². The van der Waals surface area contributed by atoms with Crippen LogP contribution < -0.4 is 0 Å². The van der Waals surface area contributed by atoms with Gasteiger partial charge in [0.05, 0.1) is 0 Å². The fourth-order valence-electron chi connectivity index (χ4n) is 1.66. The minimum atomic E-state index is 0. The van der Waals surface area contributed by atoms with Gasteiger partial charge >= 0.3 is 21.1 Å². The number of rotatable bonds is 0. The molecule has 0 heterocycles. The van der Waals surface area contributed by atoms with E-state index >= 15 is 0 Å². The zero-order valence-electron chi connectivity index (χ0n) is 11.6. The quantitative estimate of drug-likeness (QED) is 0.511. The van der Waals surface area contributed by atoms with Gasteiger partial charge in [0, 0.05) is 0 Å². The Morgan fingerprint density at radius 2 is 1.06 bits per heavy atom. The molecule has 0 fully saturated rings. The number of allylic oxidation sites excluding steroid dienone is 8. The monoisotopic (exact) mass is 409 g/mol. The maximum atomic E-state index is 3.17. The minimum absolute atomic E-state index is 0. The molecular weight excluding hydrogens is 387 g/mol.